The summed E-state index contributed by atoms with van der Waals surface area (Å²) in [5.74, 6) is -0.988. The Labute approximate surface area is 110 Å². The van der Waals surface area contributed by atoms with E-state index in [1.54, 1.807) is 25.7 Å². The number of hydrogen-bond acceptors (Lipinski definition) is 2. The van der Waals surface area contributed by atoms with Gasteiger partial charge in [-0.05, 0) is 41.0 Å². The van der Waals surface area contributed by atoms with Crippen molar-refractivity contribution in [3.05, 3.63) is 0 Å². The fourth-order valence-electron chi connectivity index (χ4n) is 1.86. The molecule has 0 fully saturated rings. The zero-order chi connectivity index (χ0) is 14.5. The molecule has 0 saturated heterocycles. The zero-order valence-electron chi connectivity index (χ0n) is 12.4. The maximum Gasteiger partial charge on any atom is 0.329 e. The molecule has 0 aliphatic heterocycles. The lowest BCUT2D eigenvalue weighted by molar-refractivity contribution is -0.147. The van der Waals surface area contributed by atoms with Crippen molar-refractivity contribution in [3.8, 4) is 0 Å². The molecule has 106 valence electrons. The Kier molecular flexibility index (Phi) is 6.15. The van der Waals surface area contributed by atoms with Gasteiger partial charge in [0.2, 0.25) is 0 Å². The van der Waals surface area contributed by atoms with Crippen LogP contribution in [0.4, 0.5) is 4.79 Å². The van der Waals surface area contributed by atoms with E-state index >= 15 is 0 Å². The number of nitrogens with zero attached hydrogens (tertiary/aromatic N) is 2. The number of carbonyl (C=O) groups excluding carboxylic acids is 1. The molecule has 0 rings (SSSR count). The number of rotatable bonds is 6. The molecule has 0 aliphatic carbocycles. The highest BCUT2D eigenvalue weighted by Crippen LogP contribution is 2.18. The molecule has 0 aliphatic rings. The standard InChI is InChI=1S/C13H26N2O3/c1-7-9-14(10(3)4)12(18)15(8-2)13(5,6)11(16)17/h10H,7-9H2,1-6H3,(H,16,17). The lowest BCUT2D eigenvalue weighted by Gasteiger charge is -2.39. The number of carbonyl (C=O) groups is 2. The third kappa shape index (κ3) is 3.62. The van der Waals surface area contributed by atoms with Crippen LogP contribution in [-0.4, -0.2) is 51.6 Å². The number of carboxylic acid groups (broad SMARTS) is 1. The minimum absolute atomic E-state index is 0.0658. The van der Waals surface area contributed by atoms with Crippen molar-refractivity contribution in [1.29, 1.82) is 0 Å². The van der Waals surface area contributed by atoms with Crippen molar-refractivity contribution in [2.45, 2.75) is 59.5 Å². The van der Waals surface area contributed by atoms with Gasteiger partial charge in [0.25, 0.3) is 0 Å². The molecular formula is C13H26N2O3. The Bertz CT molecular complexity index is 301. The molecule has 5 heteroatoms. The van der Waals surface area contributed by atoms with Crippen LogP contribution >= 0.6 is 0 Å². The van der Waals surface area contributed by atoms with Gasteiger partial charge in [0, 0.05) is 19.1 Å². The Hall–Kier alpha value is -1.26. The van der Waals surface area contributed by atoms with Gasteiger partial charge in [0.15, 0.2) is 0 Å². The summed E-state index contributed by atoms with van der Waals surface area (Å²) < 4.78 is 0. The topological polar surface area (TPSA) is 60.9 Å². The second-order valence-electron chi connectivity index (χ2n) is 5.18. The summed E-state index contributed by atoms with van der Waals surface area (Å²) in [6, 6.07) is -0.141. The minimum atomic E-state index is -1.19. The summed E-state index contributed by atoms with van der Waals surface area (Å²) >= 11 is 0. The van der Waals surface area contributed by atoms with Crippen molar-refractivity contribution >= 4 is 12.0 Å². The van der Waals surface area contributed by atoms with Crippen LogP contribution in [0.2, 0.25) is 0 Å². The van der Waals surface area contributed by atoms with Gasteiger partial charge in [0.1, 0.15) is 5.54 Å². The average molecular weight is 258 g/mol. The second-order valence-corrected chi connectivity index (χ2v) is 5.18. The first-order chi connectivity index (χ1) is 8.19. The first-order valence-corrected chi connectivity index (χ1v) is 6.51. The van der Waals surface area contributed by atoms with Crippen molar-refractivity contribution < 1.29 is 14.7 Å². The predicted molar refractivity (Wildman–Crippen MR) is 71.6 cm³/mol. The second kappa shape index (κ2) is 6.61. The number of carboxylic acids is 1. The summed E-state index contributed by atoms with van der Waals surface area (Å²) in [5.41, 5.74) is -1.19. The molecule has 0 atom stereocenters. The molecule has 0 aromatic rings. The Balaban J connectivity index is 5.16. The minimum Gasteiger partial charge on any atom is -0.480 e. The van der Waals surface area contributed by atoms with Gasteiger partial charge in [-0.25, -0.2) is 9.59 Å². The number of hydrogen-bond donors (Lipinski definition) is 1. The van der Waals surface area contributed by atoms with Crippen LogP contribution in [0.1, 0.15) is 48.0 Å². The largest absolute Gasteiger partial charge is 0.480 e. The number of amides is 2. The molecule has 2 amide bonds. The van der Waals surface area contributed by atoms with E-state index in [9.17, 15) is 14.7 Å². The maximum atomic E-state index is 12.4. The molecule has 5 nitrogen and oxygen atoms in total. The average Bonchev–Trinajstić information content (AvgIpc) is 2.25. The molecule has 0 heterocycles. The Morgan fingerprint density at radius 1 is 1.22 bits per heavy atom. The molecule has 1 N–H and O–H groups in total. The van der Waals surface area contributed by atoms with E-state index in [4.69, 9.17) is 0 Å². The van der Waals surface area contributed by atoms with E-state index in [1.807, 2.05) is 20.8 Å². The van der Waals surface area contributed by atoms with E-state index in [-0.39, 0.29) is 12.1 Å². The van der Waals surface area contributed by atoms with Crippen LogP contribution in [0.3, 0.4) is 0 Å². The van der Waals surface area contributed by atoms with Crippen LogP contribution in [-0.2, 0) is 4.79 Å². The number of urea groups is 1. The van der Waals surface area contributed by atoms with Gasteiger partial charge in [-0.2, -0.15) is 0 Å². The van der Waals surface area contributed by atoms with Gasteiger partial charge in [-0.3, -0.25) is 0 Å². The lowest BCUT2D eigenvalue weighted by atomic mass is 10.0. The van der Waals surface area contributed by atoms with Crippen LogP contribution in [0.15, 0.2) is 0 Å². The monoisotopic (exact) mass is 258 g/mol. The molecule has 0 bridgehead atoms. The summed E-state index contributed by atoms with van der Waals surface area (Å²) in [4.78, 5) is 26.8. The molecule has 18 heavy (non-hydrogen) atoms. The van der Waals surface area contributed by atoms with E-state index < -0.39 is 11.5 Å². The van der Waals surface area contributed by atoms with E-state index in [2.05, 4.69) is 0 Å². The van der Waals surface area contributed by atoms with Gasteiger partial charge in [-0.1, -0.05) is 6.92 Å². The lowest BCUT2D eigenvalue weighted by Crippen LogP contribution is -2.58. The predicted octanol–water partition coefficient (Wildman–Crippen LogP) is 2.41. The van der Waals surface area contributed by atoms with Crippen LogP contribution in [0.25, 0.3) is 0 Å². The van der Waals surface area contributed by atoms with Crippen molar-refractivity contribution in [3.63, 3.8) is 0 Å². The SMILES string of the molecule is CCCN(C(=O)N(CC)C(C)(C)C(=O)O)C(C)C. The van der Waals surface area contributed by atoms with Gasteiger partial charge in [0.05, 0.1) is 0 Å². The number of likely N-dealkylation sites (N-methyl/N-ethyl adjacent to an activating group) is 1. The smallest absolute Gasteiger partial charge is 0.329 e. The Morgan fingerprint density at radius 2 is 1.72 bits per heavy atom. The fourth-order valence-corrected chi connectivity index (χ4v) is 1.86. The summed E-state index contributed by atoms with van der Waals surface area (Å²) in [7, 11) is 0. The van der Waals surface area contributed by atoms with E-state index in [0.717, 1.165) is 6.42 Å². The van der Waals surface area contributed by atoms with Gasteiger partial charge < -0.3 is 14.9 Å². The first-order valence-electron chi connectivity index (χ1n) is 6.51. The zero-order valence-corrected chi connectivity index (χ0v) is 12.4. The first kappa shape index (κ1) is 16.7. The normalized spacial score (nSPS) is 11.5. The molecule has 0 saturated carbocycles. The van der Waals surface area contributed by atoms with Gasteiger partial charge >= 0.3 is 12.0 Å². The molecule has 0 radical (unpaired) electrons. The highest BCUT2D eigenvalue weighted by atomic mass is 16.4. The third-order valence-electron chi connectivity index (χ3n) is 3.08. The molecule has 0 aromatic carbocycles. The summed E-state index contributed by atoms with van der Waals surface area (Å²) in [6.07, 6.45) is 0.856. The van der Waals surface area contributed by atoms with Crippen molar-refractivity contribution in [2.24, 2.45) is 0 Å². The third-order valence-corrected chi connectivity index (χ3v) is 3.08. The summed E-state index contributed by atoms with van der Waals surface area (Å²) in [5, 5.41) is 9.23. The molecule has 0 aromatic heterocycles. The van der Waals surface area contributed by atoms with Crippen molar-refractivity contribution in [2.75, 3.05) is 13.1 Å². The quantitative estimate of drug-likeness (QED) is 0.796. The molecule has 0 unspecified atom stereocenters. The van der Waals surface area contributed by atoms with Crippen LogP contribution in [0.5, 0.6) is 0 Å². The van der Waals surface area contributed by atoms with Crippen LogP contribution < -0.4 is 0 Å². The molecule has 0 spiro atoms. The van der Waals surface area contributed by atoms with Crippen LogP contribution in [0, 0.1) is 0 Å². The van der Waals surface area contributed by atoms with E-state index in [0.29, 0.717) is 13.1 Å². The number of aliphatic carboxylic acids is 1. The van der Waals surface area contributed by atoms with Gasteiger partial charge in [-0.15, -0.1) is 0 Å². The maximum absolute atomic E-state index is 12.4. The summed E-state index contributed by atoms with van der Waals surface area (Å²) in [6.45, 7) is 11.8. The highest BCUT2D eigenvalue weighted by Gasteiger charge is 2.39. The molecular weight excluding hydrogens is 232 g/mol. The van der Waals surface area contributed by atoms with Crippen molar-refractivity contribution in [1.82, 2.24) is 9.80 Å². The highest BCUT2D eigenvalue weighted by molar-refractivity contribution is 5.85. The Morgan fingerprint density at radius 3 is 2.00 bits per heavy atom. The van der Waals surface area contributed by atoms with E-state index in [1.165, 1.54) is 4.90 Å². The fraction of sp³-hybridized carbons (Fsp3) is 0.846.